The lowest BCUT2D eigenvalue weighted by atomic mass is 10.1. The van der Waals surface area contributed by atoms with Crippen LogP contribution in [0.5, 0.6) is 0 Å². The number of nitrogens with zero attached hydrogens (tertiary/aromatic N) is 1. The number of methoxy groups -OCH3 is 1. The van der Waals surface area contributed by atoms with Gasteiger partial charge in [-0.05, 0) is 54.7 Å². The van der Waals surface area contributed by atoms with Crippen molar-refractivity contribution in [2.75, 3.05) is 12.4 Å². The van der Waals surface area contributed by atoms with Gasteiger partial charge in [0.05, 0.1) is 12.7 Å². The van der Waals surface area contributed by atoms with E-state index < -0.39 is 0 Å². The summed E-state index contributed by atoms with van der Waals surface area (Å²) in [6, 6.07) is 3.85. The molecule has 3 rings (SSSR count). The molecule has 0 radical (unpaired) electrons. The van der Waals surface area contributed by atoms with E-state index in [1.165, 1.54) is 12.0 Å². The molecule has 0 saturated carbocycles. The van der Waals surface area contributed by atoms with Gasteiger partial charge in [-0.25, -0.2) is 4.79 Å². The quantitative estimate of drug-likeness (QED) is 0.655. The van der Waals surface area contributed by atoms with Gasteiger partial charge < -0.3 is 15.4 Å². The fraction of sp³-hybridized carbons (Fsp3) is 0.312. The number of thiocarbonyl (C=S) groups is 1. The highest BCUT2D eigenvalue weighted by Crippen LogP contribution is 2.39. The molecule has 2 aromatic heterocycles. The number of anilines is 1. The summed E-state index contributed by atoms with van der Waals surface area (Å²) in [6.45, 7) is 0.604. The summed E-state index contributed by atoms with van der Waals surface area (Å²) >= 11 is 6.93. The molecule has 0 spiro atoms. The Morgan fingerprint density at radius 3 is 2.91 bits per heavy atom. The molecule has 0 atom stereocenters. The molecule has 0 aliphatic heterocycles. The van der Waals surface area contributed by atoms with Crippen LogP contribution in [0.4, 0.5) is 5.00 Å². The first kappa shape index (κ1) is 15.9. The van der Waals surface area contributed by atoms with Crippen molar-refractivity contribution in [1.29, 1.82) is 0 Å². The van der Waals surface area contributed by atoms with Crippen molar-refractivity contribution in [2.45, 2.75) is 25.8 Å². The number of aromatic nitrogens is 1. The van der Waals surface area contributed by atoms with E-state index in [0.717, 1.165) is 35.4 Å². The van der Waals surface area contributed by atoms with Crippen LogP contribution < -0.4 is 10.6 Å². The van der Waals surface area contributed by atoms with E-state index >= 15 is 0 Å². The number of ether oxygens (including phenoxy) is 1. The maximum atomic E-state index is 12.1. The van der Waals surface area contributed by atoms with E-state index in [0.29, 0.717) is 17.2 Å². The number of rotatable bonds is 4. The molecule has 23 heavy (non-hydrogen) atoms. The molecule has 0 aromatic carbocycles. The molecule has 0 amide bonds. The van der Waals surface area contributed by atoms with Crippen LogP contribution in [0, 0.1) is 0 Å². The second kappa shape index (κ2) is 7.06. The molecule has 2 aromatic rings. The molecule has 2 N–H and O–H groups in total. The van der Waals surface area contributed by atoms with Gasteiger partial charge >= 0.3 is 5.97 Å². The molecule has 1 aliphatic carbocycles. The summed E-state index contributed by atoms with van der Waals surface area (Å²) < 4.78 is 4.93. The topological polar surface area (TPSA) is 63.2 Å². The summed E-state index contributed by atoms with van der Waals surface area (Å²) in [7, 11) is 1.41. The molecule has 0 fully saturated rings. The highest BCUT2D eigenvalue weighted by atomic mass is 32.1. The molecule has 0 unspecified atom stereocenters. The Labute approximate surface area is 144 Å². The summed E-state index contributed by atoms with van der Waals surface area (Å²) in [5.74, 6) is -0.302. The Morgan fingerprint density at radius 1 is 1.39 bits per heavy atom. The van der Waals surface area contributed by atoms with Crippen LogP contribution in [0.1, 0.15) is 32.8 Å². The van der Waals surface area contributed by atoms with Gasteiger partial charge in [-0.3, -0.25) is 4.98 Å². The minimum absolute atomic E-state index is 0.302. The number of esters is 1. The zero-order chi connectivity index (χ0) is 16.2. The number of fused-ring (bicyclic) bond motifs is 1. The Hall–Kier alpha value is -1.99. The van der Waals surface area contributed by atoms with Gasteiger partial charge in [0, 0.05) is 23.8 Å². The van der Waals surface area contributed by atoms with Gasteiger partial charge in [0.2, 0.25) is 0 Å². The van der Waals surface area contributed by atoms with Crippen molar-refractivity contribution in [3.8, 4) is 0 Å². The second-order valence-corrected chi connectivity index (χ2v) is 6.73. The van der Waals surface area contributed by atoms with E-state index in [-0.39, 0.29) is 5.97 Å². The number of nitrogens with one attached hydrogen (secondary N) is 2. The van der Waals surface area contributed by atoms with Crippen LogP contribution in [0.25, 0.3) is 0 Å². The number of carbonyl (C=O) groups excluding carboxylic acids is 1. The zero-order valence-electron chi connectivity index (χ0n) is 12.7. The Bertz CT molecular complexity index is 728. The molecule has 0 bridgehead atoms. The van der Waals surface area contributed by atoms with Crippen molar-refractivity contribution in [3.05, 3.63) is 46.1 Å². The van der Waals surface area contributed by atoms with Crippen molar-refractivity contribution in [2.24, 2.45) is 0 Å². The Balaban J connectivity index is 1.70. The third-order valence-corrected chi connectivity index (χ3v) is 5.19. The molecule has 7 heteroatoms. The van der Waals surface area contributed by atoms with Crippen LogP contribution in [-0.4, -0.2) is 23.2 Å². The lowest BCUT2D eigenvalue weighted by molar-refractivity contribution is 0.0601. The van der Waals surface area contributed by atoms with Crippen molar-refractivity contribution in [1.82, 2.24) is 10.3 Å². The van der Waals surface area contributed by atoms with E-state index in [9.17, 15) is 4.79 Å². The SMILES string of the molecule is COC(=O)c1c(NC(=S)NCc2ccncc2)sc2c1CCC2. The van der Waals surface area contributed by atoms with E-state index in [1.54, 1.807) is 23.7 Å². The van der Waals surface area contributed by atoms with Crippen LogP contribution in [0.15, 0.2) is 24.5 Å². The minimum Gasteiger partial charge on any atom is -0.465 e. The van der Waals surface area contributed by atoms with Gasteiger partial charge in [0.15, 0.2) is 5.11 Å². The average molecular weight is 347 g/mol. The van der Waals surface area contributed by atoms with Crippen molar-refractivity contribution >= 4 is 39.6 Å². The van der Waals surface area contributed by atoms with Crippen LogP contribution in [-0.2, 0) is 24.1 Å². The highest BCUT2D eigenvalue weighted by Gasteiger charge is 2.27. The van der Waals surface area contributed by atoms with Gasteiger partial charge in [0.25, 0.3) is 0 Å². The summed E-state index contributed by atoms with van der Waals surface area (Å²) in [4.78, 5) is 17.3. The molecule has 1 aliphatic rings. The van der Waals surface area contributed by atoms with Gasteiger partial charge in [0.1, 0.15) is 5.00 Å². The second-order valence-electron chi connectivity index (χ2n) is 5.22. The highest BCUT2D eigenvalue weighted by molar-refractivity contribution is 7.80. The van der Waals surface area contributed by atoms with Crippen molar-refractivity contribution < 1.29 is 9.53 Å². The van der Waals surface area contributed by atoms with E-state index in [1.807, 2.05) is 12.1 Å². The first-order valence-corrected chi connectivity index (χ1v) is 8.58. The molecular formula is C16H17N3O2S2. The van der Waals surface area contributed by atoms with Gasteiger partial charge in [-0.1, -0.05) is 0 Å². The van der Waals surface area contributed by atoms with Gasteiger partial charge in [-0.2, -0.15) is 0 Å². The largest absolute Gasteiger partial charge is 0.465 e. The Kier molecular flexibility index (Phi) is 4.88. The smallest absolute Gasteiger partial charge is 0.341 e. The summed E-state index contributed by atoms with van der Waals surface area (Å²) in [6.07, 6.45) is 6.52. The predicted octanol–water partition coefficient (Wildman–Crippen LogP) is 2.91. The average Bonchev–Trinajstić information content (AvgIpc) is 3.14. The van der Waals surface area contributed by atoms with Crippen molar-refractivity contribution in [3.63, 3.8) is 0 Å². The van der Waals surface area contributed by atoms with Crippen LogP contribution in [0.3, 0.4) is 0 Å². The zero-order valence-corrected chi connectivity index (χ0v) is 14.4. The predicted molar refractivity (Wildman–Crippen MR) is 95.0 cm³/mol. The number of hydrogen-bond acceptors (Lipinski definition) is 5. The lowest BCUT2D eigenvalue weighted by Gasteiger charge is -2.11. The van der Waals surface area contributed by atoms with E-state index in [4.69, 9.17) is 17.0 Å². The fourth-order valence-electron chi connectivity index (χ4n) is 2.64. The first-order chi connectivity index (χ1) is 11.2. The lowest BCUT2D eigenvalue weighted by Crippen LogP contribution is -2.28. The molecule has 0 saturated heterocycles. The third kappa shape index (κ3) is 3.51. The minimum atomic E-state index is -0.302. The standard InChI is InChI=1S/C16H17N3O2S2/c1-21-15(20)13-11-3-2-4-12(11)23-14(13)19-16(22)18-9-10-5-7-17-8-6-10/h5-8H,2-4,9H2,1H3,(H2,18,19,22). The number of aryl methyl sites for hydroxylation is 1. The third-order valence-electron chi connectivity index (χ3n) is 3.74. The number of thiophene rings is 1. The summed E-state index contributed by atoms with van der Waals surface area (Å²) in [5, 5.41) is 7.56. The van der Waals surface area contributed by atoms with E-state index in [2.05, 4.69) is 15.6 Å². The Morgan fingerprint density at radius 2 is 2.17 bits per heavy atom. The molecule has 120 valence electrons. The van der Waals surface area contributed by atoms with Crippen LogP contribution in [0.2, 0.25) is 0 Å². The number of pyridine rings is 1. The first-order valence-electron chi connectivity index (χ1n) is 7.35. The number of carbonyl (C=O) groups is 1. The number of hydrogen-bond donors (Lipinski definition) is 2. The van der Waals surface area contributed by atoms with Gasteiger partial charge in [-0.15, -0.1) is 11.3 Å². The fourth-order valence-corrected chi connectivity index (χ4v) is 4.16. The van der Waals surface area contributed by atoms with Crippen LogP contribution >= 0.6 is 23.6 Å². The molecule has 2 heterocycles. The maximum absolute atomic E-state index is 12.1. The molecular weight excluding hydrogens is 330 g/mol. The monoisotopic (exact) mass is 347 g/mol. The maximum Gasteiger partial charge on any atom is 0.341 e. The normalized spacial score (nSPS) is 12.6. The molecule has 5 nitrogen and oxygen atoms in total. The summed E-state index contributed by atoms with van der Waals surface area (Å²) in [5.41, 5.74) is 2.84.